The van der Waals surface area contributed by atoms with Crippen molar-refractivity contribution in [1.29, 1.82) is 0 Å². The highest BCUT2D eigenvalue weighted by Gasteiger charge is 2.33. The van der Waals surface area contributed by atoms with E-state index in [1.165, 1.54) is 22.0 Å². The van der Waals surface area contributed by atoms with Crippen molar-refractivity contribution in [3.05, 3.63) is 46.4 Å². The van der Waals surface area contributed by atoms with Gasteiger partial charge in [0.05, 0.1) is 10.2 Å². The van der Waals surface area contributed by atoms with Crippen LogP contribution in [-0.4, -0.2) is 52.1 Å². The van der Waals surface area contributed by atoms with Crippen molar-refractivity contribution < 1.29 is 19.1 Å². The molecule has 166 valence electrons. The summed E-state index contributed by atoms with van der Waals surface area (Å²) in [4.78, 5) is 44.2. The van der Waals surface area contributed by atoms with Crippen molar-refractivity contribution in [3.8, 4) is 11.5 Å². The number of rotatable bonds is 3. The quantitative estimate of drug-likeness (QED) is 0.652. The summed E-state index contributed by atoms with van der Waals surface area (Å²) in [5.41, 5.74) is 0.739. The van der Waals surface area contributed by atoms with Crippen LogP contribution >= 0.6 is 11.3 Å². The standard InChI is InChI=1S/C22H22N4O5S/c1-25-7-5-13(10-19(25)27)21(29)26-6-3-2-4-15(26)20(28)24-22-23-14-11-16-17(12-18(14)32-22)31-9-8-30-16/h5,7,10-12,15H,2-4,6,8-9H2,1H3,(H,23,24,28). The second-order valence-corrected chi connectivity index (χ2v) is 8.88. The Morgan fingerprint density at radius 1 is 1.16 bits per heavy atom. The molecule has 2 aliphatic heterocycles. The zero-order valence-electron chi connectivity index (χ0n) is 17.5. The van der Waals surface area contributed by atoms with Gasteiger partial charge < -0.3 is 24.3 Å². The molecular formula is C22H22N4O5S. The minimum atomic E-state index is -0.618. The minimum absolute atomic E-state index is 0.265. The maximum atomic E-state index is 13.1. The molecular weight excluding hydrogens is 432 g/mol. The number of nitrogens with zero attached hydrogens (tertiary/aromatic N) is 3. The molecule has 1 unspecified atom stereocenters. The van der Waals surface area contributed by atoms with Crippen molar-refractivity contribution in [2.45, 2.75) is 25.3 Å². The lowest BCUT2D eigenvalue weighted by molar-refractivity contribution is -0.121. The van der Waals surface area contributed by atoms with E-state index in [4.69, 9.17) is 9.47 Å². The molecule has 1 aromatic carbocycles. The first-order valence-electron chi connectivity index (χ1n) is 10.5. The highest BCUT2D eigenvalue weighted by atomic mass is 32.1. The van der Waals surface area contributed by atoms with E-state index in [0.717, 1.165) is 17.5 Å². The van der Waals surface area contributed by atoms with Crippen LogP contribution < -0.4 is 20.3 Å². The average Bonchev–Trinajstić information content (AvgIpc) is 3.19. The molecule has 4 heterocycles. The van der Waals surface area contributed by atoms with Gasteiger partial charge in [0.15, 0.2) is 16.6 Å². The van der Waals surface area contributed by atoms with Gasteiger partial charge in [0.25, 0.3) is 11.5 Å². The Hall–Kier alpha value is -3.40. The third-order valence-corrected chi connectivity index (χ3v) is 6.63. The van der Waals surface area contributed by atoms with Gasteiger partial charge in [-0.15, -0.1) is 0 Å². The van der Waals surface area contributed by atoms with E-state index in [-0.39, 0.29) is 17.4 Å². The number of hydrogen-bond acceptors (Lipinski definition) is 7. The first-order valence-corrected chi connectivity index (χ1v) is 11.3. The van der Waals surface area contributed by atoms with Crippen molar-refractivity contribution in [2.75, 3.05) is 25.1 Å². The number of ether oxygens (including phenoxy) is 2. The molecule has 32 heavy (non-hydrogen) atoms. The van der Waals surface area contributed by atoms with E-state index in [0.29, 0.717) is 53.9 Å². The highest BCUT2D eigenvalue weighted by molar-refractivity contribution is 7.22. The summed E-state index contributed by atoms with van der Waals surface area (Å²) >= 11 is 1.35. The number of piperidine rings is 1. The number of amides is 2. The molecule has 5 rings (SSSR count). The van der Waals surface area contributed by atoms with Gasteiger partial charge in [-0.25, -0.2) is 4.98 Å². The largest absolute Gasteiger partial charge is 0.486 e. The maximum absolute atomic E-state index is 13.1. The van der Waals surface area contributed by atoms with Gasteiger partial charge in [0, 0.05) is 43.6 Å². The van der Waals surface area contributed by atoms with E-state index in [2.05, 4.69) is 10.3 Å². The lowest BCUT2D eigenvalue weighted by atomic mass is 10.00. The number of benzene rings is 1. The number of anilines is 1. The van der Waals surface area contributed by atoms with Gasteiger partial charge >= 0.3 is 0 Å². The van der Waals surface area contributed by atoms with Crippen LogP contribution in [0, 0.1) is 0 Å². The fourth-order valence-corrected chi connectivity index (χ4v) is 4.88. The molecule has 2 aromatic heterocycles. The Kier molecular flexibility index (Phi) is 5.30. The second kappa shape index (κ2) is 8.27. The molecule has 0 aliphatic carbocycles. The van der Waals surface area contributed by atoms with Crippen LogP contribution in [0.3, 0.4) is 0 Å². The third-order valence-electron chi connectivity index (χ3n) is 5.70. The number of carbonyl (C=O) groups is 2. The molecule has 0 radical (unpaired) electrons. The van der Waals surface area contributed by atoms with Gasteiger partial charge in [-0.2, -0.15) is 0 Å². The molecule has 2 aliphatic rings. The number of pyridine rings is 1. The van der Waals surface area contributed by atoms with Crippen LogP contribution in [0.5, 0.6) is 11.5 Å². The van der Waals surface area contributed by atoms with E-state index >= 15 is 0 Å². The molecule has 1 N–H and O–H groups in total. The number of likely N-dealkylation sites (tertiary alicyclic amines) is 1. The number of carbonyl (C=O) groups excluding carboxylic acids is 2. The molecule has 1 saturated heterocycles. The number of nitrogens with one attached hydrogen (secondary N) is 1. The Morgan fingerprint density at radius 2 is 1.94 bits per heavy atom. The summed E-state index contributed by atoms with van der Waals surface area (Å²) < 4.78 is 13.5. The Balaban J connectivity index is 1.36. The number of aryl methyl sites for hydroxylation is 1. The summed E-state index contributed by atoms with van der Waals surface area (Å²) in [5.74, 6) is 0.723. The number of hydrogen-bond donors (Lipinski definition) is 1. The topological polar surface area (TPSA) is 103 Å². The Bertz CT molecular complexity index is 1220. The van der Waals surface area contributed by atoms with Crippen molar-refractivity contribution >= 4 is 38.5 Å². The van der Waals surface area contributed by atoms with Gasteiger partial charge in [-0.3, -0.25) is 14.4 Å². The Morgan fingerprint density at radius 3 is 2.72 bits per heavy atom. The van der Waals surface area contributed by atoms with Crippen LogP contribution in [0.2, 0.25) is 0 Å². The van der Waals surface area contributed by atoms with Crippen LogP contribution in [0.1, 0.15) is 29.6 Å². The highest BCUT2D eigenvalue weighted by Crippen LogP contribution is 2.38. The van der Waals surface area contributed by atoms with Crippen LogP contribution in [-0.2, 0) is 11.8 Å². The molecule has 0 saturated carbocycles. The van der Waals surface area contributed by atoms with E-state index in [1.807, 2.05) is 12.1 Å². The SMILES string of the molecule is Cn1ccc(C(=O)N2CCCCC2C(=O)Nc2nc3cc4c(cc3s2)OCCO4)cc1=O. The molecule has 0 spiro atoms. The van der Waals surface area contributed by atoms with E-state index in [9.17, 15) is 14.4 Å². The van der Waals surface area contributed by atoms with Crippen molar-refractivity contribution in [1.82, 2.24) is 14.5 Å². The molecule has 2 amide bonds. The summed E-state index contributed by atoms with van der Waals surface area (Å²) in [6, 6.07) is 5.97. The zero-order valence-corrected chi connectivity index (χ0v) is 18.3. The molecule has 1 fully saturated rings. The number of thiazole rings is 1. The summed E-state index contributed by atoms with van der Waals surface area (Å²) in [6.07, 6.45) is 3.78. The zero-order chi connectivity index (χ0) is 22.2. The molecule has 3 aromatic rings. The number of aromatic nitrogens is 2. The predicted octanol–water partition coefficient (Wildman–Crippen LogP) is 2.40. The summed E-state index contributed by atoms with van der Waals surface area (Å²) in [7, 11) is 1.63. The van der Waals surface area contributed by atoms with Gasteiger partial charge in [0.2, 0.25) is 5.91 Å². The minimum Gasteiger partial charge on any atom is -0.486 e. The van der Waals surface area contributed by atoms with Crippen LogP contribution in [0.4, 0.5) is 5.13 Å². The predicted molar refractivity (Wildman–Crippen MR) is 120 cm³/mol. The van der Waals surface area contributed by atoms with Gasteiger partial charge in [0.1, 0.15) is 19.3 Å². The molecule has 9 nitrogen and oxygen atoms in total. The lowest BCUT2D eigenvalue weighted by Gasteiger charge is -2.34. The van der Waals surface area contributed by atoms with E-state index in [1.54, 1.807) is 24.2 Å². The van der Waals surface area contributed by atoms with Gasteiger partial charge in [-0.1, -0.05) is 11.3 Å². The lowest BCUT2D eigenvalue weighted by Crippen LogP contribution is -2.50. The van der Waals surface area contributed by atoms with E-state index < -0.39 is 6.04 Å². The van der Waals surface area contributed by atoms with Gasteiger partial charge in [-0.05, 0) is 25.3 Å². The monoisotopic (exact) mass is 454 g/mol. The van der Waals surface area contributed by atoms with Crippen LogP contribution in [0.25, 0.3) is 10.2 Å². The third kappa shape index (κ3) is 3.81. The summed E-state index contributed by atoms with van der Waals surface area (Å²) in [6.45, 7) is 1.46. The smallest absolute Gasteiger partial charge is 0.254 e. The molecule has 1 atom stereocenters. The molecule has 0 bridgehead atoms. The maximum Gasteiger partial charge on any atom is 0.254 e. The Labute approximate surface area is 187 Å². The average molecular weight is 455 g/mol. The number of fused-ring (bicyclic) bond motifs is 2. The normalized spacial score (nSPS) is 17.9. The first-order chi connectivity index (χ1) is 15.5. The van der Waals surface area contributed by atoms with Crippen LogP contribution in [0.15, 0.2) is 35.3 Å². The van der Waals surface area contributed by atoms with Crippen molar-refractivity contribution in [2.24, 2.45) is 7.05 Å². The fraction of sp³-hybridized carbons (Fsp3) is 0.364. The summed E-state index contributed by atoms with van der Waals surface area (Å²) in [5, 5.41) is 3.33. The van der Waals surface area contributed by atoms with Crippen molar-refractivity contribution in [3.63, 3.8) is 0 Å². The molecule has 10 heteroatoms. The first kappa shape index (κ1) is 20.5. The fourth-order valence-electron chi connectivity index (χ4n) is 4.00. The second-order valence-electron chi connectivity index (χ2n) is 7.85.